The van der Waals surface area contributed by atoms with Gasteiger partial charge in [0.15, 0.2) is 0 Å². The zero-order valence-corrected chi connectivity index (χ0v) is 13.1. The number of nitrogens with one attached hydrogen (secondary N) is 1. The second-order valence-corrected chi connectivity index (χ2v) is 6.43. The van der Waals surface area contributed by atoms with Crippen LogP contribution in [-0.2, 0) is 17.6 Å². The lowest BCUT2D eigenvalue weighted by molar-refractivity contribution is 0.198. The molecule has 0 unspecified atom stereocenters. The van der Waals surface area contributed by atoms with Gasteiger partial charge in [-0.15, -0.1) is 11.3 Å². The van der Waals surface area contributed by atoms with Crippen LogP contribution in [0.2, 0.25) is 5.28 Å². The Morgan fingerprint density at radius 1 is 1.30 bits per heavy atom. The second-order valence-electron chi connectivity index (χ2n) is 5.01. The van der Waals surface area contributed by atoms with Gasteiger partial charge in [0.05, 0.1) is 5.39 Å². The maximum atomic E-state index is 6.05. The van der Waals surface area contributed by atoms with Crippen LogP contribution >= 0.6 is 22.9 Å². The molecule has 0 saturated heterocycles. The lowest BCUT2D eigenvalue weighted by atomic mass is 9.97. The number of nitrogens with zero attached hydrogens (tertiary/aromatic N) is 2. The highest BCUT2D eigenvalue weighted by molar-refractivity contribution is 7.19. The predicted octanol–water partition coefficient (Wildman–Crippen LogP) is 3.67. The van der Waals surface area contributed by atoms with E-state index in [1.54, 1.807) is 18.4 Å². The van der Waals surface area contributed by atoms with E-state index in [1.165, 1.54) is 28.7 Å². The number of thiophene rings is 1. The number of aryl methyl sites for hydroxylation is 2. The normalized spacial score (nSPS) is 14.5. The molecule has 2 aromatic heterocycles. The summed E-state index contributed by atoms with van der Waals surface area (Å²) in [5.41, 5.74) is 1.43. The van der Waals surface area contributed by atoms with Crippen molar-refractivity contribution in [3.8, 4) is 0 Å². The summed E-state index contributed by atoms with van der Waals surface area (Å²) in [5, 5.41) is 4.90. The summed E-state index contributed by atoms with van der Waals surface area (Å²) < 4.78 is 5.07. The standard InChI is InChI=1S/C14H18ClN3OS/c1-19-8-4-7-16-12-11-9-5-2-3-6-10(9)20-13(11)18-14(15)17-12/h2-8H2,1H3,(H,16,17,18). The van der Waals surface area contributed by atoms with Crippen molar-refractivity contribution in [2.75, 3.05) is 25.6 Å². The number of ether oxygens (including phenoxy) is 1. The first-order valence-electron chi connectivity index (χ1n) is 7.00. The molecule has 0 aromatic carbocycles. The van der Waals surface area contributed by atoms with E-state index >= 15 is 0 Å². The molecule has 2 aromatic rings. The van der Waals surface area contributed by atoms with Gasteiger partial charge < -0.3 is 10.1 Å². The van der Waals surface area contributed by atoms with Crippen molar-refractivity contribution in [1.29, 1.82) is 0 Å². The Morgan fingerprint density at radius 3 is 3.00 bits per heavy atom. The topological polar surface area (TPSA) is 47.0 Å². The van der Waals surface area contributed by atoms with Gasteiger partial charge in [-0.2, -0.15) is 0 Å². The number of aromatic nitrogens is 2. The van der Waals surface area contributed by atoms with Crippen molar-refractivity contribution in [2.45, 2.75) is 32.1 Å². The number of hydrogen-bond acceptors (Lipinski definition) is 5. The summed E-state index contributed by atoms with van der Waals surface area (Å²) in [7, 11) is 1.72. The molecular formula is C14H18ClN3OS. The van der Waals surface area contributed by atoms with Crippen molar-refractivity contribution in [2.24, 2.45) is 0 Å². The Bertz CT molecular complexity index is 614. The van der Waals surface area contributed by atoms with Gasteiger partial charge in [-0.1, -0.05) is 0 Å². The van der Waals surface area contributed by atoms with Gasteiger partial charge in [0, 0.05) is 25.1 Å². The molecule has 20 heavy (non-hydrogen) atoms. The van der Waals surface area contributed by atoms with Crippen molar-refractivity contribution < 1.29 is 4.74 Å². The highest BCUT2D eigenvalue weighted by Gasteiger charge is 2.20. The molecule has 0 aliphatic heterocycles. The number of rotatable bonds is 5. The monoisotopic (exact) mass is 311 g/mol. The van der Waals surface area contributed by atoms with Crippen LogP contribution in [0.1, 0.15) is 29.7 Å². The number of anilines is 1. The van der Waals surface area contributed by atoms with Gasteiger partial charge in [-0.05, 0) is 49.3 Å². The Hall–Kier alpha value is -0.910. The lowest BCUT2D eigenvalue weighted by Crippen LogP contribution is -2.08. The minimum atomic E-state index is 0.324. The van der Waals surface area contributed by atoms with Crippen LogP contribution in [0.4, 0.5) is 5.82 Å². The van der Waals surface area contributed by atoms with Crippen LogP contribution in [-0.4, -0.2) is 30.2 Å². The average Bonchev–Trinajstić information content (AvgIpc) is 2.81. The third kappa shape index (κ3) is 2.75. The van der Waals surface area contributed by atoms with E-state index in [0.29, 0.717) is 5.28 Å². The van der Waals surface area contributed by atoms with Crippen molar-refractivity contribution >= 4 is 39.0 Å². The Morgan fingerprint density at radius 2 is 2.15 bits per heavy atom. The molecule has 0 amide bonds. The molecule has 0 radical (unpaired) electrons. The first-order chi connectivity index (χ1) is 9.79. The zero-order chi connectivity index (χ0) is 13.9. The summed E-state index contributed by atoms with van der Waals surface area (Å²) in [6.07, 6.45) is 5.78. The number of methoxy groups -OCH3 is 1. The molecule has 0 fully saturated rings. The van der Waals surface area contributed by atoms with Crippen molar-refractivity contribution in [3.63, 3.8) is 0 Å². The van der Waals surface area contributed by atoms with Crippen LogP contribution in [0, 0.1) is 0 Å². The maximum absolute atomic E-state index is 6.05. The van der Waals surface area contributed by atoms with Gasteiger partial charge in [-0.3, -0.25) is 0 Å². The first kappa shape index (κ1) is 14.0. The first-order valence-corrected chi connectivity index (χ1v) is 8.19. The van der Waals surface area contributed by atoms with Crippen molar-refractivity contribution in [3.05, 3.63) is 15.7 Å². The third-order valence-electron chi connectivity index (χ3n) is 3.61. The number of fused-ring (bicyclic) bond motifs is 3. The van der Waals surface area contributed by atoms with E-state index in [9.17, 15) is 0 Å². The van der Waals surface area contributed by atoms with Gasteiger partial charge >= 0.3 is 0 Å². The molecule has 2 heterocycles. The molecule has 6 heteroatoms. The van der Waals surface area contributed by atoms with Crippen LogP contribution < -0.4 is 5.32 Å². The molecule has 3 rings (SSSR count). The van der Waals surface area contributed by atoms with Crippen LogP contribution in [0.5, 0.6) is 0 Å². The quantitative estimate of drug-likeness (QED) is 0.676. The van der Waals surface area contributed by atoms with Crippen molar-refractivity contribution in [1.82, 2.24) is 9.97 Å². The maximum Gasteiger partial charge on any atom is 0.225 e. The largest absolute Gasteiger partial charge is 0.385 e. The Kier molecular flexibility index (Phi) is 4.38. The fourth-order valence-corrected chi connectivity index (χ4v) is 4.16. The van der Waals surface area contributed by atoms with Gasteiger partial charge in [0.1, 0.15) is 10.6 Å². The van der Waals surface area contributed by atoms with E-state index in [1.807, 2.05) is 0 Å². The van der Waals surface area contributed by atoms with E-state index < -0.39 is 0 Å². The lowest BCUT2D eigenvalue weighted by Gasteiger charge is -2.12. The second kappa shape index (κ2) is 6.24. The summed E-state index contributed by atoms with van der Waals surface area (Å²) in [4.78, 5) is 11.3. The minimum absolute atomic E-state index is 0.324. The summed E-state index contributed by atoms with van der Waals surface area (Å²) >= 11 is 7.82. The number of hydrogen-bond donors (Lipinski definition) is 1. The van der Waals surface area contributed by atoms with Crippen LogP contribution in [0.25, 0.3) is 10.2 Å². The fraction of sp³-hybridized carbons (Fsp3) is 0.571. The van der Waals surface area contributed by atoms with E-state index in [-0.39, 0.29) is 0 Å². The van der Waals surface area contributed by atoms with Gasteiger partial charge in [0.25, 0.3) is 0 Å². The molecule has 4 nitrogen and oxygen atoms in total. The molecule has 108 valence electrons. The SMILES string of the molecule is COCCCNc1nc(Cl)nc2sc3c(c12)CCCC3. The van der Waals surface area contributed by atoms with Crippen LogP contribution in [0.3, 0.4) is 0 Å². The molecule has 0 atom stereocenters. The highest BCUT2D eigenvalue weighted by atomic mass is 35.5. The molecule has 0 saturated carbocycles. The van der Waals surface area contributed by atoms with Gasteiger partial charge in [0.2, 0.25) is 5.28 Å². The van der Waals surface area contributed by atoms with E-state index in [2.05, 4.69) is 15.3 Å². The minimum Gasteiger partial charge on any atom is -0.385 e. The van der Waals surface area contributed by atoms with E-state index in [4.69, 9.17) is 16.3 Å². The summed E-state index contributed by atoms with van der Waals surface area (Å²) in [6.45, 7) is 1.58. The summed E-state index contributed by atoms with van der Waals surface area (Å²) in [6, 6.07) is 0. The molecule has 1 N–H and O–H groups in total. The van der Waals surface area contributed by atoms with E-state index in [0.717, 1.165) is 43.1 Å². The molecule has 0 spiro atoms. The average molecular weight is 312 g/mol. The highest BCUT2D eigenvalue weighted by Crippen LogP contribution is 2.38. The Labute approximate surface area is 127 Å². The molecular weight excluding hydrogens is 294 g/mol. The third-order valence-corrected chi connectivity index (χ3v) is 4.96. The molecule has 0 bridgehead atoms. The van der Waals surface area contributed by atoms with Gasteiger partial charge in [-0.25, -0.2) is 9.97 Å². The molecule has 1 aliphatic carbocycles. The number of halogens is 1. The Balaban J connectivity index is 1.94. The smallest absolute Gasteiger partial charge is 0.225 e. The van der Waals surface area contributed by atoms with Crippen LogP contribution in [0.15, 0.2) is 0 Å². The summed E-state index contributed by atoms with van der Waals surface area (Å²) in [5.74, 6) is 0.885. The fourth-order valence-electron chi connectivity index (χ4n) is 2.68. The molecule has 1 aliphatic rings. The zero-order valence-electron chi connectivity index (χ0n) is 11.5. The predicted molar refractivity (Wildman–Crippen MR) is 84.0 cm³/mol.